The van der Waals surface area contributed by atoms with Gasteiger partial charge in [-0.3, -0.25) is 14.4 Å². The maximum Gasteiger partial charge on any atom is 0.306 e. The first-order chi connectivity index (χ1) is 36.0. The van der Waals surface area contributed by atoms with Gasteiger partial charge in [0.25, 0.3) is 0 Å². The Morgan fingerprint density at radius 2 is 0.534 bits per heavy atom. The third-order valence-electron chi connectivity index (χ3n) is 14.3. The number of hydrogen-bond acceptors (Lipinski definition) is 6. The highest BCUT2D eigenvalue weighted by Crippen LogP contribution is 2.17. The molecule has 0 aliphatic heterocycles. The second-order valence-corrected chi connectivity index (χ2v) is 21.6. The smallest absolute Gasteiger partial charge is 0.306 e. The maximum absolute atomic E-state index is 12.9. The standard InChI is InChI=1S/C67H122O6/c1-4-7-10-13-16-19-22-25-27-29-31-33-35-37-39-42-45-48-51-54-57-60-66(69)72-63-64(62-71-65(68)59-56-53-50-47-44-41-24-21-18-15-12-9-6-3)73-67(70)61-58-55-52-49-46-43-40-38-36-34-32-30-28-26-23-20-17-14-11-8-5-2/h9,12,18,21,29,31,41,44,64H,4-8,10-11,13-17,19-20,22-28,30,32-40,42-43,45-63H2,1-3H3/b12-9-,21-18-,31-29-,44-41-. The number of rotatable bonds is 59. The van der Waals surface area contributed by atoms with Crippen molar-refractivity contribution in [3.8, 4) is 0 Å². The molecule has 0 amide bonds. The van der Waals surface area contributed by atoms with Crippen LogP contribution in [0.5, 0.6) is 0 Å². The molecule has 0 aromatic carbocycles. The van der Waals surface area contributed by atoms with Crippen molar-refractivity contribution in [1.82, 2.24) is 0 Å². The molecule has 0 saturated heterocycles. The Morgan fingerprint density at radius 3 is 0.863 bits per heavy atom. The molecule has 0 aliphatic carbocycles. The van der Waals surface area contributed by atoms with Gasteiger partial charge in [0.2, 0.25) is 0 Å². The van der Waals surface area contributed by atoms with Crippen molar-refractivity contribution in [2.45, 2.75) is 348 Å². The first-order valence-corrected chi connectivity index (χ1v) is 32.1. The summed E-state index contributed by atoms with van der Waals surface area (Å²) in [6.45, 7) is 6.55. The average Bonchev–Trinajstić information content (AvgIpc) is 3.39. The molecule has 0 aliphatic rings. The minimum atomic E-state index is -0.784. The van der Waals surface area contributed by atoms with Crippen molar-refractivity contribution < 1.29 is 28.6 Å². The van der Waals surface area contributed by atoms with Crippen LogP contribution in [0, 0.1) is 0 Å². The first-order valence-electron chi connectivity index (χ1n) is 32.1. The van der Waals surface area contributed by atoms with E-state index < -0.39 is 6.10 Å². The maximum atomic E-state index is 12.9. The highest BCUT2D eigenvalue weighted by Gasteiger charge is 2.19. The van der Waals surface area contributed by atoms with Crippen LogP contribution in [0.2, 0.25) is 0 Å². The van der Waals surface area contributed by atoms with Crippen molar-refractivity contribution in [2.24, 2.45) is 0 Å². The first kappa shape index (κ1) is 70.4. The second-order valence-electron chi connectivity index (χ2n) is 21.6. The van der Waals surface area contributed by atoms with Crippen LogP contribution in [0.4, 0.5) is 0 Å². The average molecular weight is 1020 g/mol. The van der Waals surface area contributed by atoms with Crippen LogP contribution in [-0.2, 0) is 28.6 Å². The third kappa shape index (κ3) is 60.1. The lowest BCUT2D eigenvalue weighted by molar-refractivity contribution is -0.167. The largest absolute Gasteiger partial charge is 0.462 e. The van der Waals surface area contributed by atoms with Crippen molar-refractivity contribution in [2.75, 3.05) is 13.2 Å². The van der Waals surface area contributed by atoms with Crippen molar-refractivity contribution >= 4 is 17.9 Å². The summed E-state index contributed by atoms with van der Waals surface area (Å²) in [5, 5.41) is 0. The number of carbonyl (C=O) groups excluding carboxylic acids is 3. The van der Waals surface area contributed by atoms with E-state index in [-0.39, 0.29) is 31.1 Å². The van der Waals surface area contributed by atoms with Crippen LogP contribution >= 0.6 is 0 Å². The number of unbranched alkanes of at least 4 members (excludes halogenated alkanes) is 40. The number of carbonyl (C=O) groups is 3. The lowest BCUT2D eigenvalue weighted by atomic mass is 10.0. The molecule has 0 heterocycles. The zero-order chi connectivity index (χ0) is 52.9. The topological polar surface area (TPSA) is 78.9 Å². The van der Waals surface area contributed by atoms with Crippen LogP contribution in [0.15, 0.2) is 48.6 Å². The molecular formula is C67H122O6. The molecule has 6 heteroatoms. The predicted molar refractivity (Wildman–Crippen MR) is 316 cm³/mol. The van der Waals surface area contributed by atoms with Gasteiger partial charge in [-0.05, 0) is 77.0 Å². The highest BCUT2D eigenvalue weighted by molar-refractivity contribution is 5.71. The summed E-state index contributed by atoms with van der Waals surface area (Å²) in [5.41, 5.74) is 0. The summed E-state index contributed by atoms with van der Waals surface area (Å²) in [4.78, 5) is 38.3. The molecule has 426 valence electrons. The quantitative estimate of drug-likeness (QED) is 0.0261. The molecule has 0 fully saturated rings. The SMILES string of the molecule is CC/C=C\C/C=C\C/C=C\CCCCCC(=O)OCC(COC(=O)CCCCCCCCCCC/C=C\CCCCCCCCCC)OC(=O)CCCCCCCCCCCCCCCCCCCCCCC. The molecule has 0 aromatic heterocycles. The van der Waals surface area contributed by atoms with Gasteiger partial charge in [-0.2, -0.15) is 0 Å². The van der Waals surface area contributed by atoms with E-state index in [4.69, 9.17) is 14.2 Å². The van der Waals surface area contributed by atoms with E-state index in [1.165, 1.54) is 218 Å². The normalized spacial score (nSPS) is 12.3. The van der Waals surface area contributed by atoms with Gasteiger partial charge in [0.15, 0.2) is 6.10 Å². The number of allylic oxidation sites excluding steroid dienone is 8. The van der Waals surface area contributed by atoms with E-state index in [0.717, 1.165) is 83.5 Å². The Hall–Kier alpha value is -2.63. The fourth-order valence-electron chi connectivity index (χ4n) is 9.51. The molecule has 0 rings (SSSR count). The van der Waals surface area contributed by atoms with Gasteiger partial charge in [0.05, 0.1) is 0 Å². The van der Waals surface area contributed by atoms with Gasteiger partial charge >= 0.3 is 17.9 Å². The lowest BCUT2D eigenvalue weighted by Gasteiger charge is -2.18. The number of hydrogen-bond donors (Lipinski definition) is 0. The van der Waals surface area contributed by atoms with Crippen LogP contribution in [0.1, 0.15) is 342 Å². The monoisotopic (exact) mass is 1020 g/mol. The molecule has 0 bridgehead atoms. The van der Waals surface area contributed by atoms with Gasteiger partial charge in [-0.25, -0.2) is 0 Å². The molecule has 73 heavy (non-hydrogen) atoms. The van der Waals surface area contributed by atoms with Crippen LogP contribution in [0.3, 0.4) is 0 Å². The molecule has 0 N–H and O–H groups in total. The Balaban J connectivity index is 4.30. The van der Waals surface area contributed by atoms with Crippen molar-refractivity contribution in [3.05, 3.63) is 48.6 Å². The Bertz CT molecular complexity index is 1270. The van der Waals surface area contributed by atoms with E-state index >= 15 is 0 Å². The summed E-state index contributed by atoms with van der Waals surface area (Å²) in [7, 11) is 0. The molecule has 0 radical (unpaired) electrons. The number of ether oxygens (including phenoxy) is 3. The van der Waals surface area contributed by atoms with Crippen LogP contribution in [-0.4, -0.2) is 37.2 Å². The van der Waals surface area contributed by atoms with Crippen molar-refractivity contribution in [3.63, 3.8) is 0 Å². The van der Waals surface area contributed by atoms with Crippen molar-refractivity contribution in [1.29, 1.82) is 0 Å². The molecule has 6 nitrogen and oxygen atoms in total. The Labute approximate surface area is 454 Å². The zero-order valence-corrected chi connectivity index (χ0v) is 48.9. The second kappa shape index (κ2) is 61.9. The van der Waals surface area contributed by atoms with E-state index in [2.05, 4.69) is 69.4 Å². The summed E-state index contributed by atoms with van der Waals surface area (Å²) in [6, 6.07) is 0. The molecule has 1 atom stereocenters. The van der Waals surface area contributed by atoms with Gasteiger partial charge in [0, 0.05) is 19.3 Å². The molecule has 0 aromatic rings. The summed E-state index contributed by atoms with van der Waals surface area (Å²) in [5.74, 6) is -0.892. The van der Waals surface area contributed by atoms with E-state index in [1.54, 1.807) is 0 Å². The molecule has 0 spiro atoms. The van der Waals surface area contributed by atoms with Gasteiger partial charge in [-0.15, -0.1) is 0 Å². The van der Waals surface area contributed by atoms with E-state index in [1.807, 2.05) is 0 Å². The predicted octanol–water partition coefficient (Wildman–Crippen LogP) is 21.8. The highest BCUT2D eigenvalue weighted by atomic mass is 16.6. The van der Waals surface area contributed by atoms with Gasteiger partial charge in [0.1, 0.15) is 13.2 Å². The van der Waals surface area contributed by atoms with Gasteiger partial charge < -0.3 is 14.2 Å². The minimum Gasteiger partial charge on any atom is -0.462 e. The summed E-state index contributed by atoms with van der Waals surface area (Å²) in [6.07, 6.45) is 77.0. The fourth-order valence-corrected chi connectivity index (χ4v) is 9.51. The molecule has 1 unspecified atom stereocenters. The lowest BCUT2D eigenvalue weighted by Crippen LogP contribution is -2.30. The summed E-state index contributed by atoms with van der Waals surface area (Å²) < 4.78 is 16.9. The zero-order valence-electron chi connectivity index (χ0n) is 48.9. The molecular weight excluding hydrogens is 901 g/mol. The Morgan fingerprint density at radius 1 is 0.288 bits per heavy atom. The fraction of sp³-hybridized carbons (Fsp3) is 0.836. The summed E-state index contributed by atoms with van der Waals surface area (Å²) >= 11 is 0. The van der Waals surface area contributed by atoms with E-state index in [9.17, 15) is 14.4 Å². The van der Waals surface area contributed by atoms with E-state index in [0.29, 0.717) is 19.3 Å². The van der Waals surface area contributed by atoms with Crippen LogP contribution < -0.4 is 0 Å². The third-order valence-corrected chi connectivity index (χ3v) is 14.3. The Kier molecular flexibility index (Phi) is 59.7. The minimum absolute atomic E-state index is 0.0802. The number of esters is 3. The van der Waals surface area contributed by atoms with Gasteiger partial charge in [-0.1, -0.05) is 294 Å². The van der Waals surface area contributed by atoms with Crippen LogP contribution in [0.25, 0.3) is 0 Å². The molecule has 0 saturated carbocycles.